The summed E-state index contributed by atoms with van der Waals surface area (Å²) in [6, 6.07) is 18.2. The molecule has 1 aromatic heterocycles. The number of hydrogen-bond donors (Lipinski definition) is 1. The minimum absolute atomic E-state index is 0.0748. The Kier molecular flexibility index (Phi) is 6.73. The number of aryl methyl sites for hydroxylation is 1. The molecule has 2 aromatic carbocycles. The highest BCUT2D eigenvalue weighted by Gasteiger charge is 2.34. The number of anilines is 1. The Labute approximate surface area is 203 Å². The number of nitrogens with zero attached hydrogens (tertiary/aromatic N) is 2. The van der Waals surface area contributed by atoms with E-state index in [1.54, 1.807) is 56.3 Å². The van der Waals surface area contributed by atoms with Gasteiger partial charge in [0, 0.05) is 17.1 Å². The van der Waals surface area contributed by atoms with Crippen LogP contribution in [-0.4, -0.2) is 35.1 Å². The molecule has 35 heavy (non-hydrogen) atoms. The van der Waals surface area contributed by atoms with Crippen LogP contribution in [0.5, 0.6) is 5.75 Å². The van der Waals surface area contributed by atoms with E-state index >= 15 is 0 Å². The van der Waals surface area contributed by atoms with Gasteiger partial charge in [-0.3, -0.25) is 15.0 Å². The van der Waals surface area contributed by atoms with Crippen molar-refractivity contribution < 1.29 is 23.9 Å². The van der Waals surface area contributed by atoms with Gasteiger partial charge < -0.3 is 14.0 Å². The minimum atomic E-state index is -0.709. The second-order valence-electron chi connectivity index (χ2n) is 8.14. The van der Waals surface area contributed by atoms with Gasteiger partial charge in [-0.15, -0.1) is 0 Å². The SMILES string of the molecule is CCOC(=O)[C@H](C)Oc1ccc(-n2c(C)cc(/C=C3/C(=O)NN(c4ccccc4)C3=O)c2C)cc1. The molecule has 2 heterocycles. The smallest absolute Gasteiger partial charge is 0.347 e. The molecular weight excluding hydrogens is 446 g/mol. The van der Waals surface area contributed by atoms with E-state index in [2.05, 4.69) is 5.43 Å². The number of para-hydroxylation sites is 1. The van der Waals surface area contributed by atoms with Gasteiger partial charge in [0.15, 0.2) is 6.10 Å². The average molecular weight is 474 g/mol. The standard InChI is InChI=1S/C27H27N3O5/c1-5-34-27(33)19(4)35-23-13-11-21(12-14-23)29-17(2)15-20(18(29)3)16-24-25(31)28-30(26(24)32)22-9-7-6-8-10-22/h6-16,19H,5H2,1-4H3,(H,28,31)/b24-16-/t19-/m0/s1. The summed E-state index contributed by atoms with van der Waals surface area (Å²) < 4.78 is 12.7. The van der Waals surface area contributed by atoms with E-state index in [9.17, 15) is 14.4 Å². The molecule has 1 atom stereocenters. The fourth-order valence-corrected chi connectivity index (χ4v) is 3.99. The number of hydrazine groups is 1. The van der Waals surface area contributed by atoms with Crippen LogP contribution in [0.25, 0.3) is 11.8 Å². The molecule has 2 amide bonds. The summed E-state index contributed by atoms with van der Waals surface area (Å²) in [6.45, 7) is 7.58. The highest BCUT2D eigenvalue weighted by Crippen LogP contribution is 2.27. The maximum absolute atomic E-state index is 12.9. The summed E-state index contributed by atoms with van der Waals surface area (Å²) in [4.78, 5) is 37.3. The van der Waals surface area contributed by atoms with Crippen LogP contribution in [0.3, 0.4) is 0 Å². The summed E-state index contributed by atoms with van der Waals surface area (Å²) in [6.07, 6.45) is 0.914. The van der Waals surface area contributed by atoms with Crippen LogP contribution in [0.4, 0.5) is 5.69 Å². The first kappa shape index (κ1) is 23.8. The fraction of sp³-hybridized carbons (Fsp3) is 0.222. The van der Waals surface area contributed by atoms with Crippen LogP contribution in [-0.2, 0) is 19.1 Å². The third kappa shape index (κ3) is 4.82. The van der Waals surface area contributed by atoms with Gasteiger partial charge in [0.25, 0.3) is 11.8 Å². The van der Waals surface area contributed by atoms with E-state index in [1.165, 1.54) is 5.01 Å². The number of benzene rings is 2. The summed E-state index contributed by atoms with van der Waals surface area (Å²) in [5, 5.41) is 1.25. The maximum atomic E-state index is 12.9. The molecule has 4 rings (SSSR count). The molecule has 0 aliphatic carbocycles. The zero-order chi connectivity index (χ0) is 25.1. The molecule has 1 saturated heterocycles. The molecule has 8 heteroatoms. The van der Waals surface area contributed by atoms with Crippen LogP contribution in [0, 0.1) is 13.8 Å². The van der Waals surface area contributed by atoms with Crippen LogP contribution in [0.2, 0.25) is 0 Å². The number of aromatic nitrogens is 1. The maximum Gasteiger partial charge on any atom is 0.347 e. The Morgan fingerprint density at radius 3 is 2.37 bits per heavy atom. The normalized spacial score (nSPS) is 15.3. The first-order chi connectivity index (χ1) is 16.8. The third-order valence-corrected chi connectivity index (χ3v) is 5.70. The number of esters is 1. The molecule has 180 valence electrons. The molecule has 0 bridgehead atoms. The van der Waals surface area contributed by atoms with Gasteiger partial charge in [0.2, 0.25) is 0 Å². The Morgan fingerprint density at radius 1 is 1.03 bits per heavy atom. The van der Waals surface area contributed by atoms with Crippen LogP contribution >= 0.6 is 0 Å². The van der Waals surface area contributed by atoms with Gasteiger partial charge in [-0.1, -0.05) is 18.2 Å². The monoisotopic (exact) mass is 473 g/mol. The predicted octanol–water partition coefficient (Wildman–Crippen LogP) is 3.89. The van der Waals surface area contributed by atoms with Crippen molar-refractivity contribution in [1.29, 1.82) is 0 Å². The van der Waals surface area contributed by atoms with E-state index in [0.717, 1.165) is 22.6 Å². The second kappa shape index (κ2) is 9.89. The molecular formula is C27H27N3O5. The fourth-order valence-electron chi connectivity index (χ4n) is 3.99. The van der Waals surface area contributed by atoms with Crippen molar-refractivity contribution in [2.75, 3.05) is 11.6 Å². The third-order valence-electron chi connectivity index (χ3n) is 5.70. The topological polar surface area (TPSA) is 89.9 Å². The number of carbonyl (C=O) groups excluding carboxylic acids is 3. The average Bonchev–Trinajstić information content (AvgIpc) is 3.29. The molecule has 8 nitrogen and oxygen atoms in total. The Balaban J connectivity index is 1.57. The van der Waals surface area contributed by atoms with Crippen LogP contribution in [0.15, 0.2) is 66.2 Å². The number of rotatable bonds is 7. The summed E-state index contributed by atoms with van der Waals surface area (Å²) in [5.41, 5.74) is 6.76. The highest BCUT2D eigenvalue weighted by molar-refractivity contribution is 6.31. The van der Waals surface area contributed by atoms with E-state index in [0.29, 0.717) is 18.0 Å². The molecule has 0 spiro atoms. The number of nitrogens with one attached hydrogen (secondary N) is 1. The number of hydrogen-bond acceptors (Lipinski definition) is 5. The Hall–Kier alpha value is -4.33. The van der Waals surface area contributed by atoms with E-state index in [-0.39, 0.29) is 5.57 Å². The Morgan fingerprint density at radius 2 is 1.71 bits per heavy atom. The molecule has 1 fully saturated rings. The van der Waals surface area contributed by atoms with Gasteiger partial charge in [-0.25, -0.2) is 9.80 Å². The lowest BCUT2D eigenvalue weighted by atomic mass is 10.1. The van der Waals surface area contributed by atoms with Crippen molar-refractivity contribution in [2.24, 2.45) is 0 Å². The van der Waals surface area contributed by atoms with Crippen LogP contribution < -0.4 is 15.2 Å². The lowest BCUT2D eigenvalue weighted by molar-refractivity contribution is -0.150. The highest BCUT2D eigenvalue weighted by atomic mass is 16.6. The summed E-state index contributed by atoms with van der Waals surface area (Å²) in [5.74, 6) is -0.708. The first-order valence-electron chi connectivity index (χ1n) is 11.3. The molecule has 3 aromatic rings. The van der Waals surface area contributed by atoms with E-state index < -0.39 is 23.9 Å². The quantitative estimate of drug-likeness (QED) is 0.320. The van der Waals surface area contributed by atoms with Crippen molar-refractivity contribution in [3.05, 3.63) is 83.2 Å². The minimum Gasteiger partial charge on any atom is -0.479 e. The van der Waals surface area contributed by atoms with Crippen molar-refractivity contribution in [3.8, 4) is 11.4 Å². The first-order valence-corrected chi connectivity index (χ1v) is 11.3. The van der Waals surface area contributed by atoms with Gasteiger partial charge in [0.1, 0.15) is 11.3 Å². The van der Waals surface area contributed by atoms with Gasteiger partial charge in [-0.2, -0.15) is 0 Å². The largest absolute Gasteiger partial charge is 0.479 e. The predicted molar refractivity (Wildman–Crippen MR) is 132 cm³/mol. The number of amides is 2. The second-order valence-corrected chi connectivity index (χ2v) is 8.14. The van der Waals surface area contributed by atoms with E-state index in [1.807, 2.05) is 42.7 Å². The lowest BCUT2D eigenvalue weighted by Crippen LogP contribution is -2.35. The van der Waals surface area contributed by atoms with Crippen molar-refractivity contribution in [3.63, 3.8) is 0 Å². The molecule has 1 N–H and O–H groups in total. The molecule has 1 aliphatic heterocycles. The Bertz CT molecular complexity index is 1290. The summed E-state index contributed by atoms with van der Waals surface area (Å²) >= 11 is 0. The molecule has 0 unspecified atom stereocenters. The number of ether oxygens (including phenoxy) is 2. The van der Waals surface area contributed by atoms with Crippen molar-refractivity contribution in [2.45, 2.75) is 33.8 Å². The summed E-state index contributed by atoms with van der Waals surface area (Å²) in [7, 11) is 0. The molecule has 0 saturated carbocycles. The van der Waals surface area contributed by atoms with Crippen LogP contribution in [0.1, 0.15) is 30.8 Å². The molecule has 1 aliphatic rings. The van der Waals surface area contributed by atoms with Crippen molar-refractivity contribution >= 4 is 29.5 Å². The molecule has 0 radical (unpaired) electrons. The lowest BCUT2D eigenvalue weighted by Gasteiger charge is -2.15. The number of carbonyl (C=O) groups is 3. The van der Waals surface area contributed by atoms with Gasteiger partial charge >= 0.3 is 5.97 Å². The zero-order valence-corrected chi connectivity index (χ0v) is 20.1. The van der Waals surface area contributed by atoms with Gasteiger partial charge in [-0.05, 0) is 81.8 Å². The van der Waals surface area contributed by atoms with E-state index in [4.69, 9.17) is 9.47 Å². The van der Waals surface area contributed by atoms with Crippen molar-refractivity contribution in [1.82, 2.24) is 9.99 Å². The van der Waals surface area contributed by atoms with Gasteiger partial charge in [0.05, 0.1) is 12.3 Å². The zero-order valence-electron chi connectivity index (χ0n) is 20.1.